The van der Waals surface area contributed by atoms with Crippen LogP contribution in [0.5, 0.6) is 11.6 Å². The SMILES string of the molecule is CC(=O)Oc1c(CC2C(C)CCC3C2C3(C)C)nc2c(Cc3ccccc3)nc(-c3cccc(O)c3)cn12. The zero-order valence-corrected chi connectivity index (χ0v) is 22.5. The van der Waals surface area contributed by atoms with E-state index in [1.54, 1.807) is 18.2 Å². The average Bonchev–Trinajstić information content (AvgIpc) is 3.28. The lowest BCUT2D eigenvalue weighted by atomic mass is 9.77. The summed E-state index contributed by atoms with van der Waals surface area (Å²) in [7, 11) is 0. The van der Waals surface area contributed by atoms with Crippen molar-refractivity contribution < 1.29 is 14.6 Å². The third kappa shape index (κ3) is 4.36. The van der Waals surface area contributed by atoms with Crippen molar-refractivity contribution in [2.75, 3.05) is 0 Å². The number of hydrogen-bond donors (Lipinski definition) is 1. The van der Waals surface area contributed by atoms with E-state index in [1.807, 2.05) is 34.9 Å². The Kier molecular flexibility index (Phi) is 6.01. The molecule has 2 saturated carbocycles. The second kappa shape index (κ2) is 9.26. The van der Waals surface area contributed by atoms with Gasteiger partial charge in [-0.05, 0) is 59.6 Å². The number of phenols is 1. The van der Waals surface area contributed by atoms with Crippen LogP contribution in [0.4, 0.5) is 0 Å². The lowest BCUT2D eigenvalue weighted by Gasteiger charge is -2.28. The fourth-order valence-electron chi connectivity index (χ4n) is 6.97. The summed E-state index contributed by atoms with van der Waals surface area (Å²) in [6, 6.07) is 17.3. The van der Waals surface area contributed by atoms with Crippen LogP contribution in [0.15, 0.2) is 60.8 Å². The van der Waals surface area contributed by atoms with Gasteiger partial charge in [0, 0.05) is 25.1 Å². The number of rotatable bonds is 6. The van der Waals surface area contributed by atoms with Crippen molar-refractivity contribution in [2.24, 2.45) is 29.1 Å². The molecule has 196 valence electrons. The summed E-state index contributed by atoms with van der Waals surface area (Å²) in [5.41, 5.74) is 5.29. The number of carbonyl (C=O) groups is 1. The Morgan fingerprint density at radius 1 is 1.08 bits per heavy atom. The number of ether oxygens (including phenoxy) is 1. The number of phenolic OH excluding ortho intramolecular Hbond substituents is 1. The van der Waals surface area contributed by atoms with Crippen molar-refractivity contribution in [1.29, 1.82) is 0 Å². The Morgan fingerprint density at radius 3 is 2.61 bits per heavy atom. The Morgan fingerprint density at radius 2 is 1.87 bits per heavy atom. The highest BCUT2D eigenvalue weighted by molar-refractivity contribution is 5.71. The van der Waals surface area contributed by atoms with E-state index < -0.39 is 0 Å². The van der Waals surface area contributed by atoms with Crippen LogP contribution in [0.3, 0.4) is 0 Å². The molecule has 6 heteroatoms. The van der Waals surface area contributed by atoms with Gasteiger partial charge in [0.25, 0.3) is 0 Å². The van der Waals surface area contributed by atoms with Gasteiger partial charge >= 0.3 is 5.97 Å². The van der Waals surface area contributed by atoms with E-state index in [4.69, 9.17) is 14.7 Å². The van der Waals surface area contributed by atoms with Gasteiger partial charge in [0.2, 0.25) is 5.88 Å². The standard InChI is InChI=1S/C32H35N3O3/c1-19-13-14-25-29(32(25,3)4)24(19)17-27-31(38-20(2)36)35-18-28(22-11-8-12-23(37)16-22)33-26(30(35)34-27)15-21-9-6-5-7-10-21/h5-12,16,18-19,24-25,29,37H,13-15,17H2,1-4H3. The lowest BCUT2D eigenvalue weighted by Crippen LogP contribution is -2.23. The van der Waals surface area contributed by atoms with Gasteiger partial charge in [-0.3, -0.25) is 9.20 Å². The molecule has 0 bridgehead atoms. The number of fused-ring (bicyclic) bond motifs is 2. The predicted octanol–water partition coefficient (Wildman–Crippen LogP) is 6.48. The lowest BCUT2D eigenvalue weighted by molar-refractivity contribution is -0.132. The second-order valence-corrected chi connectivity index (χ2v) is 11.8. The van der Waals surface area contributed by atoms with Gasteiger partial charge < -0.3 is 9.84 Å². The summed E-state index contributed by atoms with van der Waals surface area (Å²) in [5, 5.41) is 10.1. The van der Waals surface area contributed by atoms with Crippen molar-refractivity contribution in [3.8, 4) is 22.9 Å². The molecule has 2 fully saturated rings. The fraction of sp³-hybridized carbons (Fsp3) is 0.406. The maximum atomic E-state index is 12.3. The molecule has 2 aliphatic rings. The van der Waals surface area contributed by atoms with Gasteiger partial charge in [0.15, 0.2) is 5.65 Å². The molecule has 0 saturated heterocycles. The number of aromatic hydroxyl groups is 1. The minimum atomic E-state index is -0.366. The third-order valence-corrected chi connectivity index (χ3v) is 8.99. The molecule has 4 aromatic rings. The van der Waals surface area contributed by atoms with Crippen molar-refractivity contribution in [3.63, 3.8) is 0 Å². The Bertz CT molecular complexity index is 1510. The minimum absolute atomic E-state index is 0.174. The van der Waals surface area contributed by atoms with Crippen molar-refractivity contribution in [3.05, 3.63) is 77.7 Å². The summed E-state index contributed by atoms with van der Waals surface area (Å²) < 4.78 is 7.77. The summed E-state index contributed by atoms with van der Waals surface area (Å²) >= 11 is 0. The first-order chi connectivity index (χ1) is 18.2. The zero-order chi connectivity index (χ0) is 26.6. The maximum absolute atomic E-state index is 12.3. The number of imidazole rings is 1. The monoisotopic (exact) mass is 509 g/mol. The third-order valence-electron chi connectivity index (χ3n) is 8.99. The highest BCUT2D eigenvalue weighted by Crippen LogP contribution is 2.68. The Balaban J connectivity index is 1.50. The van der Waals surface area contributed by atoms with E-state index in [-0.39, 0.29) is 11.7 Å². The first-order valence-electron chi connectivity index (χ1n) is 13.6. The molecular weight excluding hydrogens is 474 g/mol. The zero-order valence-electron chi connectivity index (χ0n) is 22.5. The molecule has 1 N–H and O–H groups in total. The molecule has 6 nitrogen and oxygen atoms in total. The molecule has 38 heavy (non-hydrogen) atoms. The molecule has 4 unspecified atom stereocenters. The molecule has 0 spiro atoms. The number of hydrogen-bond acceptors (Lipinski definition) is 5. The van der Waals surface area contributed by atoms with Crippen LogP contribution in [0.2, 0.25) is 0 Å². The molecule has 0 aliphatic heterocycles. The van der Waals surface area contributed by atoms with Crippen LogP contribution in [0.25, 0.3) is 16.9 Å². The largest absolute Gasteiger partial charge is 0.508 e. The first kappa shape index (κ1) is 24.7. The van der Waals surface area contributed by atoms with Crippen LogP contribution < -0.4 is 4.74 Å². The topological polar surface area (TPSA) is 76.7 Å². The van der Waals surface area contributed by atoms with E-state index in [2.05, 4.69) is 32.9 Å². The van der Waals surface area contributed by atoms with Gasteiger partial charge in [0.05, 0.1) is 11.4 Å². The van der Waals surface area contributed by atoms with Gasteiger partial charge in [-0.1, -0.05) is 69.7 Å². The van der Waals surface area contributed by atoms with Gasteiger partial charge in [0.1, 0.15) is 11.4 Å². The van der Waals surface area contributed by atoms with E-state index in [0.29, 0.717) is 46.8 Å². The number of nitrogens with zero attached hydrogens (tertiary/aromatic N) is 3. The molecule has 2 aromatic carbocycles. The smallest absolute Gasteiger partial charge is 0.309 e. The number of benzene rings is 2. The maximum Gasteiger partial charge on any atom is 0.309 e. The molecule has 2 aromatic heterocycles. The van der Waals surface area contributed by atoms with Crippen LogP contribution in [-0.4, -0.2) is 25.4 Å². The number of esters is 1. The molecule has 2 aliphatic carbocycles. The molecule has 6 rings (SSSR count). The average molecular weight is 510 g/mol. The predicted molar refractivity (Wildman–Crippen MR) is 147 cm³/mol. The summed E-state index contributed by atoms with van der Waals surface area (Å²) in [6.45, 7) is 8.59. The highest BCUT2D eigenvalue weighted by Gasteiger charge is 2.62. The number of aromatic nitrogens is 3. The molecule has 0 radical (unpaired) electrons. The Hall–Kier alpha value is -3.67. The van der Waals surface area contributed by atoms with Crippen molar-refractivity contribution in [1.82, 2.24) is 14.4 Å². The molecule has 4 atom stereocenters. The second-order valence-electron chi connectivity index (χ2n) is 11.8. The normalized spacial score (nSPS) is 23.7. The van der Waals surface area contributed by atoms with Crippen LogP contribution in [0.1, 0.15) is 57.5 Å². The summed E-state index contributed by atoms with van der Waals surface area (Å²) in [4.78, 5) is 22.4. The van der Waals surface area contributed by atoms with Crippen LogP contribution in [-0.2, 0) is 17.6 Å². The van der Waals surface area contributed by atoms with Gasteiger partial charge in [-0.25, -0.2) is 9.97 Å². The summed E-state index contributed by atoms with van der Waals surface area (Å²) in [5.74, 6) is 2.83. The van der Waals surface area contributed by atoms with E-state index in [0.717, 1.165) is 34.9 Å². The molecule has 0 amide bonds. The summed E-state index contributed by atoms with van der Waals surface area (Å²) in [6.07, 6.45) is 5.78. The quantitative estimate of drug-likeness (QED) is 0.301. The molecule has 2 heterocycles. The van der Waals surface area contributed by atoms with Gasteiger partial charge in [-0.15, -0.1) is 0 Å². The van der Waals surface area contributed by atoms with Crippen molar-refractivity contribution >= 4 is 11.6 Å². The van der Waals surface area contributed by atoms with E-state index in [1.165, 1.54) is 19.8 Å². The molecular formula is C32H35N3O3. The fourth-order valence-corrected chi connectivity index (χ4v) is 6.97. The number of carbonyl (C=O) groups excluding carboxylic acids is 1. The van der Waals surface area contributed by atoms with Crippen LogP contribution >= 0.6 is 0 Å². The van der Waals surface area contributed by atoms with Crippen LogP contribution in [0, 0.1) is 29.1 Å². The van der Waals surface area contributed by atoms with E-state index >= 15 is 0 Å². The van der Waals surface area contributed by atoms with Gasteiger partial charge in [-0.2, -0.15) is 0 Å². The minimum Gasteiger partial charge on any atom is -0.508 e. The first-order valence-corrected chi connectivity index (χ1v) is 13.6. The highest BCUT2D eigenvalue weighted by atomic mass is 16.5. The Labute approximate surface area is 223 Å². The van der Waals surface area contributed by atoms with E-state index in [9.17, 15) is 9.90 Å². The van der Waals surface area contributed by atoms with Crippen molar-refractivity contribution in [2.45, 2.75) is 53.4 Å².